The van der Waals surface area contributed by atoms with Crippen LogP contribution in [0, 0.1) is 5.41 Å². The van der Waals surface area contributed by atoms with Crippen LogP contribution in [0.2, 0.25) is 0 Å². The van der Waals surface area contributed by atoms with E-state index in [0.29, 0.717) is 20.0 Å². The molecular formula is C28H39F3N2O4S. The molecule has 3 rings (SSSR count). The van der Waals surface area contributed by atoms with Gasteiger partial charge in [-0.15, -0.1) is 0 Å². The molecule has 0 spiro atoms. The maximum Gasteiger partial charge on any atom is 0.421 e. The Morgan fingerprint density at radius 3 is 2.37 bits per heavy atom. The second-order valence-electron chi connectivity index (χ2n) is 10.4. The third kappa shape index (κ3) is 6.59. The lowest BCUT2D eigenvalue weighted by Crippen LogP contribution is -2.56. The van der Waals surface area contributed by atoms with E-state index in [9.17, 15) is 31.8 Å². The molecule has 1 saturated heterocycles. The van der Waals surface area contributed by atoms with Crippen molar-refractivity contribution in [2.24, 2.45) is 5.41 Å². The quantitative estimate of drug-likeness (QED) is 0.384. The van der Waals surface area contributed by atoms with Gasteiger partial charge in [-0.25, -0.2) is 8.42 Å². The Bertz CT molecular complexity index is 1140. The molecule has 0 amide bonds. The van der Waals surface area contributed by atoms with Crippen LogP contribution in [0.3, 0.4) is 0 Å². The van der Waals surface area contributed by atoms with Gasteiger partial charge in [0.05, 0.1) is 4.90 Å². The molecule has 2 atom stereocenters. The van der Waals surface area contributed by atoms with Crippen LogP contribution < -0.4 is 0 Å². The smallest absolute Gasteiger partial charge is 0.396 e. The number of aliphatic hydroxyl groups excluding tert-OH is 1. The molecule has 1 aromatic carbocycles. The van der Waals surface area contributed by atoms with Crippen LogP contribution in [0.1, 0.15) is 52.0 Å². The van der Waals surface area contributed by atoms with E-state index in [-0.39, 0.29) is 29.9 Å². The minimum absolute atomic E-state index is 0.0284. The normalized spacial score (nSPS) is 23.3. The lowest BCUT2D eigenvalue weighted by atomic mass is 9.93. The SMILES string of the molecule is C\C=C/C(=C\C=C\CC)C1(CN2CCN(S(=O)(=O)c3ccc(C(C)(O)C(F)(F)F)cc3)C(CCO)C2)CC1. The van der Waals surface area contributed by atoms with Gasteiger partial charge in [0, 0.05) is 44.2 Å². The molecule has 10 heteroatoms. The van der Waals surface area contributed by atoms with Crippen molar-refractivity contribution < 1.29 is 31.8 Å². The van der Waals surface area contributed by atoms with Crippen LogP contribution in [0.4, 0.5) is 13.2 Å². The van der Waals surface area contributed by atoms with Crippen molar-refractivity contribution in [2.45, 2.75) is 69.2 Å². The van der Waals surface area contributed by atoms with E-state index < -0.39 is 33.4 Å². The van der Waals surface area contributed by atoms with Crippen molar-refractivity contribution in [3.63, 3.8) is 0 Å². The Balaban J connectivity index is 1.78. The average molecular weight is 557 g/mol. The number of nitrogens with zero attached hydrogens (tertiary/aromatic N) is 2. The van der Waals surface area contributed by atoms with E-state index in [2.05, 4.69) is 36.1 Å². The first-order chi connectivity index (χ1) is 17.8. The van der Waals surface area contributed by atoms with Gasteiger partial charge in [0.2, 0.25) is 10.0 Å². The number of piperazine rings is 1. The summed E-state index contributed by atoms with van der Waals surface area (Å²) in [6.07, 6.45) is 8.93. The van der Waals surface area contributed by atoms with E-state index in [4.69, 9.17) is 0 Å². The molecule has 1 heterocycles. The van der Waals surface area contributed by atoms with Crippen LogP contribution in [0.15, 0.2) is 65.1 Å². The number of allylic oxidation sites excluding steroid dienone is 5. The molecule has 2 aliphatic rings. The minimum atomic E-state index is -4.90. The molecule has 38 heavy (non-hydrogen) atoms. The van der Waals surface area contributed by atoms with Crippen LogP contribution in [-0.2, 0) is 15.6 Å². The molecule has 1 aliphatic heterocycles. The largest absolute Gasteiger partial charge is 0.421 e. The fourth-order valence-corrected chi connectivity index (χ4v) is 6.65. The van der Waals surface area contributed by atoms with Crippen LogP contribution in [0.25, 0.3) is 0 Å². The number of hydrogen-bond acceptors (Lipinski definition) is 5. The van der Waals surface area contributed by atoms with Crippen molar-refractivity contribution in [1.82, 2.24) is 9.21 Å². The second kappa shape index (κ2) is 12.0. The molecule has 212 valence electrons. The number of sulfonamides is 1. The zero-order valence-electron chi connectivity index (χ0n) is 22.3. The number of halogens is 3. The van der Waals surface area contributed by atoms with Gasteiger partial charge in [0.15, 0.2) is 5.60 Å². The van der Waals surface area contributed by atoms with Gasteiger partial charge in [-0.1, -0.05) is 49.4 Å². The third-order valence-electron chi connectivity index (χ3n) is 7.54. The zero-order valence-corrected chi connectivity index (χ0v) is 23.1. The molecule has 0 radical (unpaired) electrons. The number of rotatable bonds is 11. The Morgan fingerprint density at radius 2 is 1.84 bits per heavy atom. The highest BCUT2D eigenvalue weighted by Gasteiger charge is 2.51. The first-order valence-electron chi connectivity index (χ1n) is 13.1. The van der Waals surface area contributed by atoms with E-state index in [0.717, 1.165) is 50.1 Å². The summed E-state index contributed by atoms with van der Waals surface area (Å²) in [7, 11) is -4.02. The predicted molar refractivity (Wildman–Crippen MR) is 142 cm³/mol. The molecule has 2 N–H and O–H groups in total. The van der Waals surface area contributed by atoms with Gasteiger partial charge in [-0.3, -0.25) is 4.90 Å². The molecule has 1 aromatic rings. The van der Waals surface area contributed by atoms with Gasteiger partial charge in [0.1, 0.15) is 0 Å². The van der Waals surface area contributed by atoms with Gasteiger partial charge >= 0.3 is 6.18 Å². The highest BCUT2D eigenvalue weighted by Crippen LogP contribution is 2.53. The minimum Gasteiger partial charge on any atom is -0.396 e. The van der Waals surface area contributed by atoms with Crippen LogP contribution in [-0.4, -0.2) is 72.8 Å². The summed E-state index contributed by atoms with van der Waals surface area (Å²) in [6.45, 7) is 6.50. The number of hydrogen-bond donors (Lipinski definition) is 2. The molecule has 6 nitrogen and oxygen atoms in total. The van der Waals surface area contributed by atoms with Gasteiger partial charge in [-0.2, -0.15) is 17.5 Å². The Hall–Kier alpha value is -1.98. The van der Waals surface area contributed by atoms with Gasteiger partial charge in [0.25, 0.3) is 0 Å². The fourth-order valence-electron chi connectivity index (χ4n) is 5.01. The maximum atomic E-state index is 13.5. The number of aliphatic hydroxyl groups is 2. The summed E-state index contributed by atoms with van der Waals surface area (Å²) in [5.41, 5.74) is -2.24. The van der Waals surface area contributed by atoms with E-state index in [1.54, 1.807) is 0 Å². The standard InChI is InChI=1S/C28H39F3N2O4S/c1-4-6-7-9-23(8-5-2)27(15-16-27)21-32-17-18-33(24(20-32)14-19-34)38(36,37)25-12-10-22(11-13-25)26(3,35)28(29,30)31/h5-13,24,34-35H,4,14-21H2,1-3H3/b7-6+,8-5-,23-9+. The third-order valence-corrected chi connectivity index (χ3v) is 9.50. The summed E-state index contributed by atoms with van der Waals surface area (Å²) >= 11 is 0. The highest BCUT2D eigenvalue weighted by molar-refractivity contribution is 7.89. The monoisotopic (exact) mass is 556 g/mol. The molecule has 1 saturated carbocycles. The van der Waals surface area contributed by atoms with Gasteiger partial charge in [-0.05, 0) is 62.8 Å². The van der Waals surface area contributed by atoms with E-state index in [1.807, 2.05) is 13.0 Å². The molecule has 2 fully saturated rings. The Kier molecular flexibility index (Phi) is 9.68. The Labute approximate surface area is 224 Å². The highest BCUT2D eigenvalue weighted by atomic mass is 32.2. The second-order valence-corrected chi connectivity index (χ2v) is 12.2. The summed E-state index contributed by atoms with van der Waals surface area (Å²) in [4.78, 5) is 2.11. The summed E-state index contributed by atoms with van der Waals surface area (Å²) in [5, 5.41) is 19.6. The van der Waals surface area contributed by atoms with Crippen LogP contribution in [0.5, 0.6) is 0 Å². The van der Waals surface area contributed by atoms with E-state index >= 15 is 0 Å². The molecule has 0 bridgehead atoms. The molecule has 0 aromatic heterocycles. The maximum absolute atomic E-state index is 13.5. The fraction of sp³-hybridized carbons (Fsp3) is 0.571. The molecule has 1 aliphatic carbocycles. The lowest BCUT2D eigenvalue weighted by Gasteiger charge is -2.42. The number of benzene rings is 1. The predicted octanol–water partition coefficient (Wildman–Crippen LogP) is 4.76. The number of alkyl halides is 3. The zero-order chi connectivity index (χ0) is 28.2. The molecular weight excluding hydrogens is 517 g/mol. The summed E-state index contributed by atoms with van der Waals surface area (Å²) in [6, 6.07) is 3.73. The summed E-state index contributed by atoms with van der Waals surface area (Å²) in [5.74, 6) is 0. The topological polar surface area (TPSA) is 81.1 Å². The first kappa shape index (κ1) is 30.6. The van der Waals surface area contributed by atoms with Crippen molar-refractivity contribution in [1.29, 1.82) is 0 Å². The first-order valence-corrected chi connectivity index (χ1v) is 14.5. The van der Waals surface area contributed by atoms with Crippen LogP contribution >= 0.6 is 0 Å². The average Bonchev–Trinajstić information content (AvgIpc) is 3.63. The van der Waals surface area contributed by atoms with Gasteiger partial charge < -0.3 is 10.2 Å². The van der Waals surface area contributed by atoms with Crippen molar-refractivity contribution in [3.8, 4) is 0 Å². The summed E-state index contributed by atoms with van der Waals surface area (Å²) < 4.78 is 67.9. The Morgan fingerprint density at radius 1 is 1.18 bits per heavy atom. The van der Waals surface area contributed by atoms with Crippen molar-refractivity contribution in [3.05, 3.63) is 65.8 Å². The van der Waals surface area contributed by atoms with E-state index in [1.165, 1.54) is 9.88 Å². The van der Waals surface area contributed by atoms with Crippen molar-refractivity contribution >= 4 is 10.0 Å². The lowest BCUT2D eigenvalue weighted by molar-refractivity contribution is -0.258. The van der Waals surface area contributed by atoms with Crippen molar-refractivity contribution in [2.75, 3.05) is 32.8 Å². The molecule has 2 unspecified atom stereocenters.